The Morgan fingerprint density at radius 1 is 0.942 bits per heavy atom. The van der Waals surface area contributed by atoms with Crippen molar-refractivity contribution in [2.75, 3.05) is 41.5 Å². The molecular formula is C38H45ClFN3O9. The van der Waals surface area contributed by atoms with Crippen LogP contribution in [0.15, 0.2) is 48.5 Å². The Kier molecular flexibility index (Phi) is 13.0. The first kappa shape index (κ1) is 39.7. The van der Waals surface area contributed by atoms with E-state index in [1.807, 2.05) is 0 Å². The van der Waals surface area contributed by atoms with Crippen LogP contribution in [0.2, 0.25) is 5.02 Å². The Morgan fingerprint density at radius 3 is 2.15 bits per heavy atom. The fourth-order valence-corrected chi connectivity index (χ4v) is 6.14. The third-order valence-corrected chi connectivity index (χ3v) is 8.78. The summed E-state index contributed by atoms with van der Waals surface area (Å²) in [5.41, 5.74) is 0.422. The SMILES string of the molecule is CC[C@H](NC(=O)N1CC(=O)N(Cc2c(OC)cc(OC)cc2OC)C[C@@H](Cc2cc(Cl)ccc2OC)C1=O)c1ccc(C(=O)OC(C)(C)C)c(F)c1. The summed E-state index contributed by atoms with van der Waals surface area (Å²) in [6.07, 6.45) is 0.390. The fraction of sp³-hybridized carbons (Fsp3) is 0.421. The van der Waals surface area contributed by atoms with Crippen LogP contribution in [-0.2, 0) is 27.3 Å². The quantitative estimate of drug-likeness (QED) is 0.211. The molecular weight excluding hydrogens is 697 g/mol. The maximum atomic E-state index is 15.2. The van der Waals surface area contributed by atoms with Crippen LogP contribution in [0.3, 0.4) is 0 Å². The lowest BCUT2D eigenvalue weighted by atomic mass is 9.96. The number of imide groups is 1. The van der Waals surface area contributed by atoms with Crippen LogP contribution in [0, 0.1) is 11.7 Å². The first-order valence-corrected chi connectivity index (χ1v) is 17.0. The van der Waals surface area contributed by atoms with E-state index in [0.29, 0.717) is 51.1 Å². The zero-order valence-corrected chi connectivity index (χ0v) is 31.4. The minimum absolute atomic E-state index is 0.0120. The number of hydrogen-bond donors (Lipinski definition) is 1. The van der Waals surface area contributed by atoms with Crippen molar-refractivity contribution >= 4 is 35.4 Å². The number of urea groups is 1. The van der Waals surface area contributed by atoms with Gasteiger partial charge in [-0.2, -0.15) is 0 Å². The van der Waals surface area contributed by atoms with Crippen molar-refractivity contribution in [3.05, 3.63) is 81.6 Å². The van der Waals surface area contributed by atoms with Crippen molar-refractivity contribution in [2.24, 2.45) is 5.92 Å². The van der Waals surface area contributed by atoms with E-state index in [1.54, 1.807) is 58.0 Å². The van der Waals surface area contributed by atoms with Gasteiger partial charge in [-0.15, -0.1) is 0 Å². The number of halogens is 2. The number of nitrogens with zero attached hydrogens (tertiary/aromatic N) is 2. The summed E-state index contributed by atoms with van der Waals surface area (Å²) in [5, 5.41) is 3.21. The largest absolute Gasteiger partial charge is 0.496 e. The number of ether oxygens (including phenoxy) is 5. The molecule has 52 heavy (non-hydrogen) atoms. The van der Waals surface area contributed by atoms with Gasteiger partial charge in [-0.25, -0.2) is 14.0 Å². The third-order valence-electron chi connectivity index (χ3n) is 8.54. The van der Waals surface area contributed by atoms with Gasteiger partial charge >= 0.3 is 12.0 Å². The molecule has 12 nitrogen and oxygen atoms in total. The summed E-state index contributed by atoms with van der Waals surface area (Å²) >= 11 is 6.32. The summed E-state index contributed by atoms with van der Waals surface area (Å²) in [6, 6.07) is 10.7. The second kappa shape index (κ2) is 17.0. The molecule has 280 valence electrons. The van der Waals surface area contributed by atoms with Gasteiger partial charge in [-0.3, -0.25) is 14.5 Å². The third kappa shape index (κ3) is 9.44. The van der Waals surface area contributed by atoms with Gasteiger partial charge in [0, 0.05) is 23.7 Å². The Labute approximate surface area is 308 Å². The van der Waals surface area contributed by atoms with Crippen LogP contribution in [0.1, 0.15) is 67.2 Å². The lowest BCUT2D eigenvalue weighted by Crippen LogP contribution is -2.48. The van der Waals surface area contributed by atoms with Crippen molar-refractivity contribution in [1.82, 2.24) is 15.1 Å². The molecule has 0 unspecified atom stereocenters. The molecule has 1 saturated heterocycles. The van der Waals surface area contributed by atoms with E-state index in [-0.39, 0.29) is 25.1 Å². The van der Waals surface area contributed by atoms with E-state index < -0.39 is 53.7 Å². The summed E-state index contributed by atoms with van der Waals surface area (Å²) in [5.74, 6) is -1.91. The maximum Gasteiger partial charge on any atom is 0.341 e. The zero-order chi connectivity index (χ0) is 38.3. The van der Waals surface area contributed by atoms with E-state index in [4.69, 9.17) is 35.3 Å². The number of carbonyl (C=O) groups excluding carboxylic acids is 4. The molecule has 1 aliphatic rings. The molecule has 3 aromatic rings. The van der Waals surface area contributed by atoms with Crippen LogP contribution in [0.25, 0.3) is 0 Å². The number of esters is 1. The Bertz CT molecular complexity index is 1790. The molecule has 4 rings (SSSR count). The van der Waals surface area contributed by atoms with Gasteiger partial charge in [0.2, 0.25) is 11.8 Å². The monoisotopic (exact) mass is 741 g/mol. The lowest BCUT2D eigenvalue weighted by molar-refractivity contribution is -0.135. The predicted octanol–water partition coefficient (Wildman–Crippen LogP) is 6.36. The number of hydrogen-bond acceptors (Lipinski definition) is 9. The number of rotatable bonds is 12. The number of benzene rings is 3. The number of nitrogens with one attached hydrogen (secondary N) is 1. The van der Waals surface area contributed by atoms with Crippen LogP contribution >= 0.6 is 11.6 Å². The molecule has 0 spiro atoms. The summed E-state index contributed by atoms with van der Waals surface area (Å²) in [7, 11) is 5.96. The second-order valence-electron chi connectivity index (χ2n) is 13.2. The summed E-state index contributed by atoms with van der Waals surface area (Å²) in [4.78, 5) is 57.0. The Morgan fingerprint density at radius 2 is 1.60 bits per heavy atom. The van der Waals surface area contributed by atoms with Gasteiger partial charge in [-0.05, 0) is 75.1 Å². The van der Waals surface area contributed by atoms with Gasteiger partial charge in [0.05, 0.1) is 58.1 Å². The lowest BCUT2D eigenvalue weighted by Gasteiger charge is -2.26. The summed E-state index contributed by atoms with van der Waals surface area (Å²) in [6.45, 7) is 6.15. The topological polar surface area (TPSA) is 133 Å². The predicted molar refractivity (Wildman–Crippen MR) is 192 cm³/mol. The molecule has 14 heteroatoms. The first-order chi connectivity index (χ1) is 24.6. The smallest absolute Gasteiger partial charge is 0.341 e. The van der Waals surface area contributed by atoms with Crippen LogP contribution in [0.5, 0.6) is 23.0 Å². The fourth-order valence-electron chi connectivity index (χ4n) is 5.95. The van der Waals surface area contributed by atoms with Crippen molar-refractivity contribution < 1.29 is 47.3 Å². The molecule has 0 saturated carbocycles. The van der Waals surface area contributed by atoms with Gasteiger partial charge in [-0.1, -0.05) is 24.6 Å². The average Bonchev–Trinajstić information content (AvgIpc) is 3.21. The Hall–Kier alpha value is -5.04. The molecule has 2 atom stereocenters. The highest BCUT2D eigenvalue weighted by Gasteiger charge is 2.39. The molecule has 1 fully saturated rings. The highest BCUT2D eigenvalue weighted by atomic mass is 35.5. The number of carbonyl (C=O) groups is 4. The van der Waals surface area contributed by atoms with E-state index in [9.17, 15) is 19.2 Å². The van der Waals surface area contributed by atoms with Gasteiger partial charge < -0.3 is 33.9 Å². The number of amides is 4. The van der Waals surface area contributed by atoms with Gasteiger partial charge in [0.25, 0.3) is 0 Å². The maximum absolute atomic E-state index is 15.2. The number of methoxy groups -OCH3 is 4. The zero-order valence-electron chi connectivity index (χ0n) is 30.6. The van der Waals surface area contributed by atoms with Crippen LogP contribution in [-0.4, -0.2) is 80.7 Å². The van der Waals surface area contributed by atoms with Crippen LogP contribution < -0.4 is 24.3 Å². The molecule has 3 aromatic carbocycles. The van der Waals surface area contributed by atoms with E-state index in [2.05, 4.69) is 5.32 Å². The molecule has 1 aliphatic heterocycles. The first-order valence-electron chi connectivity index (χ1n) is 16.7. The highest BCUT2D eigenvalue weighted by molar-refractivity contribution is 6.30. The van der Waals surface area contributed by atoms with E-state index in [1.165, 1.54) is 45.5 Å². The van der Waals surface area contributed by atoms with Crippen molar-refractivity contribution in [1.29, 1.82) is 0 Å². The highest BCUT2D eigenvalue weighted by Crippen LogP contribution is 2.36. The average molecular weight is 742 g/mol. The summed E-state index contributed by atoms with van der Waals surface area (Å²) < 4.78 is 42.6. The van der Waals surface area contributed by atoms with Gasteiger partial charge in [0.15, 0.2) is 0 Å². The second-order valence-corrected chi connectivity index (χ2v) is 13.7. The molecule has 4 amide bonds. The molecule has 1 heterocycles. The van der Waals surface area contributed by atoms with Gasteiger partial charge in [0.1, 0.15) is 41.0 Å². The van der Waals surface area contributed by atoms with Crippen molar-refractivity contribution in [3.63, 3.8) is 0 Å². The molecule has 0 bridgehead atoms. The molecule has 1 N–H and O–H groups in total. The minimum Gasteiger partial charge on any atom is -0.496 e. The Balaban J connectivity index is 1.68. The van der Waals surface area contributed by atoms with Crippen molar-refractivity contribution in [3.8, 4) is 23.0 Å². The standard InChI is InChI=1S/C38H45ClFN3O9/c1-9-30(22-10-12-27(29(40)16-22)36(46)52-38(2,3)4)41-37(47)43-21-34(44)42(20-28-32(50-7)17-26(48-5)18-33(28)51-8)19-24(35(43)45)14-23-15-25(39)11-13-31(23)49-6/h10-13,15-18,24,30H,9,14,19-21H2,1-8H3,(H,41,47)/t24-,30+/m1/s1. The normalized spacial score (nSPS) is 15.5. The van der Waals surface area contributed by atoms with Crippen molar-refractivity contribution in [2.45, 2.75) is 58.7 Å². The molecule has 0 aromatic heterocycles. The minimum atomic E-state index is -0.912. The van der Waals surface area contributed by atoms with E-state index in [0.717, 1.165) is 11.0 Å². The van der Waals surface area contributed by atoms with E-state index >= 15 is 4.39 Å². The molecule has 0 radical (unpaired) electrons. The van der Waals surface area contributed by atoms with Crippen LogP contribution in [0.4, 0.5) is 9.18 Å². The molecule has 0 aliphatic carbocycles.